The Labute approximate surface area is 228 Å². The number of benzene rings is 3. The molecule has 1 amide bonds. The molecule has 1 atom stereocenters. The molecular formula is C29H29F5N2O4. The standard InChI is InChI=1S/C29H29F5N2O4/c1-17(2)13-22(36-21-9-5-19(6-10-21)28(39)35-12-11-26(37)38)16-40-23-14-24(30)27(25(31)15-23)18-3-7-20(8-4-18)29(32,33)34/h3-10,14-15,17,22,36H,11-13,16H2,1-2H3,(H,35,39)(H,37,38)/t22-/m0/s1. The normalized spacial score (nSPS) is 12.2. The minimum Gasteiger partial charge on any atom is -0.491 e. The quantitative estimate of drug-likeness (QED) is 0.212. The second-order valence-electron chi connectivity index (χ2n) is 9.60. The predicted octanol–water partition coefficient (Wildman–Crippen LogP) is 6.76. The molecule has 0 aliphatic carbocycles. The van der Waals surface area contributed by atoms with Crippen LogP contribution in [0.2, 0.25) is 0 Å². The van der Waals surface area contributed by atoms with Crippen molar-refractivity contribution < 1.29 is 41.4 Å². The van der Waals surface area contributed by atoms with Crippen LogP contribution in [0.15, 0.2) is 60.7 Å². The number of ether oxygens (including phenoxy) is 1. The van der Waals surface area contributed by atoms with Crippen molar-refractivity contribution >= 4 is 17.6 Å². The molecule has 11 heteroatoms. The van der Waals surface area contributed by atoms with Crippen LogP contribution in [0, 0.1) is 17.6 Å². The van der Waals surface area contributed by atoms with Gasteiger partial charge >= 0.3 is 12.1 Å². The Bertz CT molecular complexity index is 1290. The molecule has 0 saturated carbocycles. The fourth-order valence-electron chi connectivity index (χ4n) is 4.01. The smallest absolute Gasteiger partial charge is 0.416 e. The average Bonchev–Trinajstić information content (AvgIpc) is 2.86. The monoisotopic (exact) mass is 564 g/mol. The summed E-state index contributed by atoms with van der Waals surface area (Å²) in [6.45, 7) is 4.05. The van der Waals surface area contributed by atoms with Crippen LogP contribution < -0.4 is 15.4 Å². The number of rotatable bonds is 12. The molecule has 0 aliphatic heterocycles. The summed E-state index contributed by atoms with van der Waals surface area (Å²) in [4.78, 5) is 22.7. The lowest BCUT2D eigenvalue weighted by Crippen LogP contribution is -2.29. The van der Waals surface area contributed by atoms with Crippen molar-refractivity contribution in [2.75, 3.05) is 18.5 Å². The van der Waals surface area contributed by atoms with E-state index >= 15 is 0 Å². The maximum Gasteiger partial charge on any atom is 0.416 e. The molecule has 3 rings (SSSR count). The van der Waals surface area contributed by atoms with Crippen LogP contribution in [0.5, 0.6) is 5.75 Å². The Hall–Kier alpha value is -4.15. The SMILES string of the molecule is CC(C)C[C@@H](COc1cc(F)c(-c2ccc(C(F)(F)F)cc2)c(F)c1)Nc1ccc(C(=O)NCCC(=O)O)cc1. The van der Waals surface area contributed by atoms with E-state index in [1.54, 1.807) is 24.3 Å². The van der Waals surface area contributed by atoms with Crippen LogP contribution in [0.25, 0.3) is 11.1 Å². The first-order valence-corrected chi connectivity index (χ1v) is 12.5. The van der Waals surface area contributed by atoms with Gasteiger partial charge in [-0.3, -0.25) is 9.59 Å². The van der Waals surface area contributed by atoms with E-state index in [1.807, 2.05) is 13.8 Å². The summed E-state index contributed by atoms with van der Waals surface area (Å²) >= 11 is 0. The van der Waals surface area contributed by atoms with E-state index in [-0.39, 0.29) is 42.8 Å². The van der Waals surface area contributed by atoms with Crippen molar-refractivity contribution in [1.82, 2.24) is 5.32 Å². The van der Waals surface area contributed by atoms with Gasteiger partial charge < -0.3 is 20.5 Å². The number of halogens is 5. The molecule has 6 nitrogen and oxygen atoms in total. The molecule has 40 heavy (non-hydrogen) atoms. The first-order valence-electron chi connectivity index (χ1n) is 12.5. The Morgan fingerprint density at radius 1 is 0.950 bits per heavy atom. The number of hydrogen-bond donors (Lipinski definition) is 3. The van der Waals surface area contributed by atoms with Gasteiger partial charge in [0.25, 0.3) is 5.91 Å². The maximum atomic E-state index is 14.8. The second-order valence-corrected chi connectivity index (χ2v) is 9.60. The van der Waals surface area contributed by atoms with Gasteiger partial charge in [-0.25, -0.2) is 8.78 Å². The molecule has 0 radical (unpaired) electrons. The molecule has 0 heterocycles. The van der Waals surface area contributed by atoms with Gasteiger partial charge in [-0.1, -0.05) is 26.0 Å². The fourth-order valence-corrected chi connectivity index (χ4v) is 4.01. The number of carbonyl (C=O) groups is 2. The number of carboxylic acids is 1. The van der Waals surface area contributed by atoms with Gasteiger partial charge in [-0.05, 0) is 54.3 Å². The molecule has 0 spiro atoms. The second kappa shape index (κ2) is 13.3. The molecule has 0 fully saturated rings. The Kier molecular flexibility index (Phi) is 10.1. The molecular weight excluding hydrogens is 535 g/mol. The Balaban J connectivity index is 1.66. The van der Waals surface area contributed by atoms with Gasteiger partial charge in [-0.2, -0.15) is 13.2 Å². The lowest BCUT2D eigenvalue weighted by atomic mass is 10.0. The van der Waals surface area contributed by atoms with Crippen molar-refractivity contribution in [2.45, 2.75) is 38.9 Å². The lowest BCUT2D eigenvalue weighted by Gasteiger charge is -2.22. The largest absolute Gasteiger partial charge is 0.491 e. The molecule has 0 aromatic heterocycles. The molecule has 3 N–H and O–H groups in total. The minimum atomic E-state index is -4.56. The van der Waals surface area contributed by atoms with Crippen LogP contribution in [-0.2, 0) is 11.0 Å². The highest BCUT2D eigenvalue weighted by Crippen LogP contribution is 2.34. The number of alkyl halides is 3. The molecule has 0 bridgehead atoms. The zero-order valence-electron chi connectivity index (χ0n) is 21.8. The molecule has 0 saturated heterocycles. The van der Waals surface area contributed by atoms with Crippen molar-refractivity contribution in [3.05, 3.63) is 83.4 Å². The van der Waals surface area contributed by atoms with Gasteiger partial charge in [-0.15, -0.1) is 0 Å². The zero-order valence-corrected chi connectivity index (χ0v) is 21.8. The molecule has 214 valence electrons. The third-order valence-electron chi connectivity index (χ3n) is 5.87. The summed E-state index contributed by atoms with van der Waals surface area (Å²) < 4.78 is 73.7. The van der Waals surface area contributed by atoms with E-state index in [0.29, 0.717) is 17.7 Å². The summed E-state index contributed by atoms with van der Waals surface area (Å²) in [5, 5.41) is 14.5. The highest BCUT2D eigenvalue weighted by Gasteiger charge is 2.30. The molecule has 0 unspecified atom stereocenters. The molecule has 0 aliphatic rings. The van der Waals surface area contributed by atoms with E-state index in [0.717, 1.165) is 36.4 Å². The van der Waals surface area contributed by atoms with E-state index < -0.39 is 40.8 Å². The van der Waals surface area contributed by atoms with Gasteiger partial charge in [0.05, 0.1) is 23.6 Å². The van der Waals surface area contributed by atoms with Crippen molar-refractivity contribution in [3.63, 3.8) is 0 Å². The van der Waals surface area contributed by atoms with Crippen molar-refractivity contribution in [1.29, 1.82) is 0 Å². The van der Waals surface area contributed by atoms with E-state index in [4.69, 9.17) is 9.84 Å². The number of nitrogens with one attached hydrogen (secondary N) is 2. The van der Waals surface area contributed by atoms with Crippen molar-refractivity contribution in [3.8, 4) is 16.9 Å². The number of amides is 1. The van der Waals surface area contributed by atoms with Crippen molar-refractivity contribution in [2.24, 2.45) is 5.92 Å². The number of carboxylic acid groups (broad SMARTS) is 1. The lowest BCUT2D eigenvalue weighted by molar-refractivity contribution is -0.138. The Morgan fingerprint density at radius 2 is 1.55 bits per heavy atom. The summed E-state index contributed by atoms with van der Waals surface area (Å²) in [5.41, 5.74) is -0.384. The Morgan fingerprint density at radius 3 is 2.08 bits per heavy atom. The number of anilines is 1. The summed E-state index contributed by atoms with van der Waals surface area (Å²) in [6, 6.07) is 11.8. The van der Waals surface area contributed by atoms with Crippen LogP contribution in [0.1, 0.15) is 42.6 Å². The topological polar surface area (TPSA) is 87.7 Å². The third kappa shape index (κ3) is 8.69. The van der Waals surface area contributed by atoms with E-state index in [2.05, 4.69) is 10.6 Å². The maximum absolute atomic E-state index is 14.8. The highest BCUT2D eigenvalue weighted by molar-refractivity contribution is 5.94. The highest BCUT2D eigenvalue weighted by atomic mass is 19.4. The summed E-state index contributed by atoms with van der Waals surface area (Å²) in [7, 11) is 0. The number of carbonyl (C=O) groups excluding carboxylic acids is 1. The van der Waals surface area contributed by atoms with Crippen LogP contribution in [0.4, 0.5) is 27.6 Å². The predicted molar refractivity (Wildman–Crippen MR) is 140 cm³/mol. The van der Waals surface area contributed by atoms with Crippen LogP contribution >= 0.6 is 0 Å². The summed E-state index contributed by atoms with van der Waals surface area (Å²) in [5.74, 6) is -3.19. The summed E-state index contributed by atoms with van der Waals surface area (Å²) in [6.07, 6.45) is -4.10. The molecule has 3 aromatic rings. The van der Waals surface area contributed by atoms with Gasteiger partial charge in [0.2, 0.25) is 0 Å². The zero-order chi connectivity index (χ0) is 29.4. The van der Waals surface area contributed by atoms with E-state index in [9.17, 15) is 31.5 Å². The van der Waals surface area contributed by atoms with Crippen LogP contribution in [0.3, 0.4) is 0 Å². The molecule has 3 aromatic carbocycles. The average molecular weight is 565 g/mol. The van der Waals surface area contributed by atoms with Gasteiger partial charge in [0.1, 0.15) is 24.0 Å². The van der Waals surface area contributed by atoms with Gasteiger partial charge in [0.15, 0.2) is 0 Å². The number of aliphatic carboxylic acids is 1. The first kappa shape index (κ1) is 30.4. The van der Waals surface area contributed by atoms with Gasteiger partial charge in [0, 0.05) is 29.9 Å². The third-order valence-corrected chi connectivity index (χ3v) is 5.87. The first-order chi connectivity index (χ1) is 18.8. The number of hydrogen-bond acceptors (Lipinski definition) is 4. The minimum absolute atomic E-state index is 0.00841. The van der Waals surface area contributed by atoms with E-state index in [1.165, 1.54) is 0 Å². The fraction of sp³-hybridized carbons (Fsp3) is 0.310. The van der Waals surface area contributed by atoms with Crippen LogP contribution in [-0.4, -0.2) is 36.2 Å².